The van der Waals surface area contributed by atoms with Crippen LogP contribution in [0.3, 0.4) is 0 Å². The second-order valence-corrected chi connectivity index (χ2v) is 6.25. The van der Waals surface area contributed by atoms with E-state index >= 15 is 0 Å². The Labute approximate surface area is 130 Å². The van der Waals surface area contributed by atoms with E-state index in [1.807, 2.05) is 17.8 Å². The molecule has 0 atom stereocenters. The summed E-state index contributed by atoms with van der Waals surface area (Å²) in [5.41, 5.74) is 2.34. The molecule has 4 nitrogen and oxygen atoms in total. The normalized spacial score (nSPS) is 12.9. The summed E-state index contributed by atoms with van der Waals surface area (Å²) in [5.74, 6) is 1.14. The molecule has 0 aromatic heterocycles. The molecule has 21 heavy (non-hydrogen) atoms. The van der Waals surface area contributed by atoms with E-state index in [1.54, 1.807) is 12.1 Å². The van der Waals surface area contributed by atoms with E-state index in [2.05, 4.69) is 16.9 Å². The van der Waals surface area contributed by atoms with Gasteiger partial charge in [-0.25, -0.2) is 0 Å². The first-order chi connectivity index (χ1) is 10.2. The number of carbonyl (C=O) groups is 2. The maximum Gasteiger partial charge on any atom is 0.251 e. The van der Waals surface area contributed by atoms with Crippen LogP contribution in [0, 0.1) is 0 Å². The highest BCUT2D eigenvalue weighted by molar-refractivity contribution is 7.98. The fourth-order valence-corrected chi connectivity index (χ4v) is 2.88. The van der Waals surface area contributed by atoms with E-state index in [-0.39, 0.29) is 11.8 Å². The fraction of sp³-hybridized carbons (Fsp3) is 0.500. The van der Waals surface area contributed by atoms with Crippen LogP contribution in [0.15, 0.2) is 18.2 Å². The van der Waals surface area contributed by atoms with Gasteiger partial charge >= 0.3 is 0 Å². The third kappa shape index (κ3) is 4.77. The molecule has 1 aromatic rings. The SMILES string of the molecule is CSCCCCCCNC(=O)c1ccc2c(c1)NC(=O)C2. The van der Waals surface area contributed by atoms with Gasteiger partial charge in [0, 0.05) is 17.8 Å². The van der Waals surface area contributed by atoms with Gasteiger partial charge in [-0.1, -0.05) is 18.9 Å². The van der Waals surface area contributed by atoms with Crippen molar-refractivity contribution in [1.29, 1.82) is 0 Å². The summed E-state index contributed by atoms with van der Waals surface area (Å²) in [5, 5.41) is 5.70. The first-order valence-corrected chi connectivity index (χ1v) is 8.80. The number of nitrogens with one attached hydrogen (secondary N) is 2. The minimum atomic E-state index is -0.0666. The second-order valence-electron chi connectivity index (χ2n) is 5.26. The molecule has 5 heteroatoms. The molecule has 1 aliphatic rings. The van der Waals surface area contributed by atoms with Crippen LogP contribution in [-0.4, -0.2) is 30.4 Å². The Morgan fingerprint density at radius 3 is 2.90 bits per heavy atom. The minimum absolute atomic E-state index is 0.00667. The molecule has 0 radical (unpaired) electrons. The van der Waals surface area contributed by atoms with Crippen LogP contribution in [0.4, 0.5) is 5.69 Å². The summed E-state index contributed by atoms with van der Waals surface area (Å²) in [6, 6.07) is 5.39. The third-order valence-electron chi connectivity index (χ3n) is 3.56. The van der Waals surface area contributed by atoms with Crippen molar-refractivity contribution in [3.8, 4) is 0 Å². The van der Waals surface area contributed by atoms with Crippen LogP contribution >= 0.6 is 11.8 Å². The number of carbonyl (C=O) groups excluding carboxylic acids is 2. The van der Waals surface area contributed by atoms with Crippen LogP contribution in [0.1, 0.15) is 41.6 Å². The van der Waals surface area contributed by atoms with Crippen LogP contribution in [0.5, 0.6) is 0 Å². The second kappa shape index (κ2) is 8.08. The predicted octanol–water partition coefficient (Wildman–Crippen LogP) is 2.83. The maximum atomic E-state index is 12.0. The molecule has 0 bridgehead atoms. The molecule has 0 saturated carbocycles. The van der Waals surface area contributed by atoms with Crippen molar-refractivity contribution in [2.24, 2.45) is 0 Å². The highest BCUT2D eigenvalue weighted by Gasteiger charge is 2.18. The quantitative estimate of drug-likeness (QED) is 0.726. The Bertz CT molecular complexity index is 517. The molecule has 0 unspecified atom stereocenters. The number of hydrogen-bond donors (Lipinski definition) is 2. The van der Waals surface area contributed by atoms with Gasteiger partial charge in [-0.05, 0) is 42.5 Å². The van der Waals surface area contributed by atoms with Gasteiger partial charge in [0.2, 0.25) is 5.91 Å². The molecular formula is C16H22N2O2S. The first-order valence-electron chi connectivity index (χ1n) is 7.40. The summed E-state index contributed by atoms with van der Waals surface area (Å²) in [7, 11) is 0. The van der Waals surface area contributed by atoms with Gasteiger partial charge in [0.25, 0.3) is 5.91 Å². The van der Waals surface area contributed by atoms with Crippen molar-refractivity contribution in [3.63, 3.8) is 0 Å². The molecular weight excluding hydrogens is 284 g/mol. The molecule has 0 aliphatic carbocycles. The number of unbranched alkanes of at least 4 members (excludes halogenated alkanes) is 3. The predicted molar refractivity (Wildman–Crippen MR) is 88.0 cm³/mol. The van der Waals surface area contributed by atoms with Gasteiger partial charge in [-0.2, -0.15) is 11.8 Å². The molecule has 0 saturated heterocycles. The zero-order valence-corrected chi connectivity index (χ0v) is 13.2. The number of rotatable bonds is 8. The van der Waals surface area contributed by atoms with E-state index < -0.39 is 0 Å². The number of hydrogen-bond acceptors (Lipinski definition) is 3. The first kappa shape index (κ1) is 15.9. The number of amides is 2. The van der Waals surface area contributed by atoms with Gasteiger partial charge in [0.15, 0.2) is 0 Å². The zero-order valence-electron chi connectivity index (χ0n) is 12.4. The number of benzene rings is 1. The minimum Gasteiger partial charge on any atom is -0.352 e. The highest BCUT2D eigenvalue weighted by Crippen LogP contribution is 2.23. The van der Waals surface area contributed by atoms with E-state index in [1.165, 1.54) is 18.6 Å². The van der Waals surface area contributed by atoms with Crippen molar-refractivity contribution in [3.05, 3.63) is 29.3 Å². The number of fused-ring (bicyclic) bond motifs is 1. The summed E-state index contributed by atoms with van der Waals surface area (Å²) >= 11 is 1.88. The molecule has 2 N–H and O–H groups in total. The topological polar surface area (TPSA) is 58.2 Å². The lowest BCUT2D eigenvalue weighted by Gasteiger charge is -2.07. The summed E-state index contributed by atoms with van der Waals surface area (Å²) < 4.78 is 0. The van der Waals surface area contributed by atoms with Crippen molar-refractivity contribution < 1.29 is 9.59 Å². The fourth-order valence-electron chi connectivity index (χ4n) is 2.38. The highest BCUT2D eigenvalue weighted by atomic mass is 32.2. The standard InChI is InChI=1S/C16H22N2O2S/c1-21-9-5-3-2-4-8-17-16(20)13-7-6-12-11-15(19)18-14(12)10-13/h6-7,10H,2-5,8-9,11H2,1H3,(H,17,20)(H,18,19). The van der Waals surface area contributed by atoms with Gasteiger partial charge in [-0.15, -0.1) is 0 Å². The Balaban J connectivity index is 1.72. The van der Waals surface area contributed by atoms with Crippen molar-refractivity contribution >= 4 is 29.3 Å². The van der Waals surface area contributed by atoms with Crippen molar-refractivity contribution in [2.75, 3.05) is 23.9 Å². The molecule has 2 rings (SSSR count). The van der Waals surface area contributed by atoms with Crippen molar-refractivity contribution in [2.45, 2.75) is 32.1 Å². The number of anilines is 1. The summed E-state index contributed by atoms with van der Waals surface area (Å²) in [4.78, 5) is 23.3. The largest absolute Gasteiger partial charge is 0.352 e. The van der Waals surface area contributed by atoms with Gasteiger partial charge in [0.05, 0.1) is 6.42 Å². The van der Waals surface area contributed by atoms with Gasteiger partial charge in [0.1, 0.15) is 0 Å². The van der Waals surface area contributed by atoms with Crippen LogP contribution in [0.25, 0.3) is 0 Å². The summed E-state index contributed by atoms with van der Waals surface area (Å²) in [6.07, 6.45) is 7.18. The molecule has 0 spiro atoms. The summed E-state index contributed by atoms with van der Waals surface area (Å²) in [6.45, 7) is 0.710. The molecule has 2 amide bonds. The van der Waals surface area contributed by atoms with Crippen LogP contribution < -0.4 is 10.6 Å². The average Bonchev–Trinajstić information content (AvgIpc) is 2.85. The van der Waals surface area contributed by atoms with E-state index in [9.17, 15) is 9.59 Å². The molecule has 1 heterocycles. The van der Waals surface area contributed by atoms with Crippen molar-refractivity contribution in [1.82, 2.24) is 5.32 Å². The smallest absolute Gasteiger partial charge is 0.251 e. The lowest BCUT2D eigenvalue weighted by molar-refractivity contribution is -0.115. The van der Waals surface area contributed by atoms with E-state index in [4.69, 9.17) is 0 Å². The van der Waals surface area contributed by atoms with Crippen LogP contribution in [0.2, 0.25) is 0 Å². The van der Waals surface area contributed by atoms with Gasteiger partial charge in [-0.3, -0.25) is 9.59 Å². The molecule has 1 aromatic carbocycles. The van der Waals surface area contributed by atoms with E-state index in [0.29, 0.717) is 18.5 Å². The monoisotopic (exact) mass is 306 g/mol. The number of thioether (sulfide) groups is 1. The third-order valence-corrected chi connectivity index (χ3v) is 4.25. The molecule has 0 fully saturated rings. The molecule has 114 valence electrons. The molecule has 1 aliphatic heterocycles. The Hall–Kier alpha value is -1.49. The van der Waals surface area contributed by atoms with Crippen LogP contribution in [-0.2, 0) is 11.2 Å². The Morgan fingerprint density at radius 2 is 2.10 bits per heavy atom. The lowest BCUT2D eigenvalue weighted by atomic mass is 10.1. The lowest BCUT2D eigenvalue weighted by Crippen LogP contribution is -2.24. The Kier molecular flexibility index (Phi) is 6.11. The van der Waals surface area contributed by atoms with Gasteiger partial charge < -0.3 is 10.6 Å². The maximum absolute atomic E-state index is 12.0. The zero-order chi connectivity index (χ0) is 15.1. The van der Waals surface area contributed by atoms with E-state index in [0.717, 1.165) is 24.1 Å². The Morgan fingerprint density at radius 1 is 1.29 bits per heavy atom. The average molecular weight is 306 g/mol.